The van der Waals surface area contributed by atoms with Gasteiger partial charge in [-0.05, 0) is 80.9 Å². The lowest BCUT2D eigenvalue weighted by atomic mass is 9.92. The first kappa shape index (κ1) is 30.5. The summed E-state index contributed by atoms with van der Waals surface area (Å²) in [4.78, 5) is 15.1. The van der Waals surface area contributed by atoms with E-state index in [1.54, 1.807) is 11.3 Å². The minimum atomic E-state index is 0.488. The predicted molar refractivity (Wildman–Crippen MR) is 231 cm³/mol. The summed E-state index contributed by atoms with van der Waals surface area (Å²) in [5, 5.41) is 2.31. The first-order valence-electron chi connectivity index (χ1n) is 19.2. The second-order valence-electron chi connectivity index (χ2n) is 13.5. The van der Waals surface area contributed by atoms with E-state index in [-0.39, 0.29) is 0 Å². The summed E-state index contributed by atoms with van der Waals surface area (Å²) in [6, 6.07) is 65.1. The van der Waals surface area contributed by atoms with Gasteiger partial charge < -0.3 is 0 Å². The van der Waals surface area contributed by atoms with Gasteiger partial charge in [-0.25, -0.2) is 15.0 Å². The molecule has 10 rings (SSSR count). The summed E-state index contributed by atoms with van der Waals surface area (Å²) in [7, 11) is 0. The molecule has 10 aromatic rings. The van der Waals surface area contributed by atoms with Crippen molar-refractivity contribution in [2.75, 3.05) is 0 Å². The highest BCUT2D eigenvalue weighted by molar-refractivity contribution is 7.26. The highest BCUT2D eigenvalue weighted by Gasteiger charge is 2.17. The van der Waals surface area contributed by atoms with Crippen LogP contribution in [0.2, 0.25) is 0 Å². The molecule has 0 saturated heterocycles. The summed E-state index contributed by atoms with van der Waals surface area (Å²) >= 11 is 1.78. The Hall–Kier alpha value is -7.01. The van der Waals surface area contributed by atoms with E-state index in [0.29, 0.717) is 29.6 Å². The van der Waals surface area contributed by atoms with Gasteiger partial charge in [-0.15, -0.1) is 11.3 Å². The van der Waals surface area contributed by atoms with Crippen LogP contribution in [0.25, 0.3) is 98.8 Å². The molecule has 0 radical (unpaired) electrons. The van der Waals surface area contributed by atoms with Crippen LogP contribution in [-0.2, 0) is 0 Å². The zero-order valence-corrected chi connectivity index (χ0v) is 30.5. The molecular weight excluding hydrogens is 687 g/mol. The maximum absolute atomic E-state index is 7.99. The van der Waals surface area contributed by atoms with Gasteiger partial charge in [-0.3, -0.25) is 0 Å². The Morgan fingerprint density at radius 1 is 0.327 bits per heavy atom. The minimum Gasteiger partial charge on any atom is -0.208 e. The van der Waals surface area contributed by atoms with E-state index >= 15 is 0 Å². The van der Waals surface area contributed by atoms with Crippen LogP contribution in [0.3, 0.4) is 0 Å². The SMILES string of the molecule is [2H]c1ccc(-c2cc(-c3ccc([2H])cc3)cc(-c3ccc(-c4ccc5sc6cccc(-c7nc(-c8ccccc8)nc(-c8ccccc8)n7)c6c5c4)cc3)c2)cc1. The lowest BCUT2D eigenvalue weighted by molar-refractivity contribution is 1.08. The Balaban J connectivity index is 1.06. The number of aromatic nitrogens is 3. The molecule has 258 valence electrons. The molecule has 0 aliphatic carbocycles. The molecule has 3 nitrogen and oxygen atoms in total. The van der Waals surface area contributed by atoms with E-state index in [1.807, 2.05) is 109 Å². The molecule has 0 fully saturated rings. The quantitative estimate of drug-likeness (QED) is 0.164. The number of hydrogen-bond donors (Lipinski definition) is 0. The topological polar surface area (TPSA) is 38.7 Å². The van der Waals surface area contributed by atoms with E-state index in [1.165, 1.54) is 14.8 Å². The van der Waals surface area contributed by atoms with Gasteiger partial charge in [-0.2, -0.15) is 0 Å². The Bertz CT molecular complexity index is 2930. The molecular formula is C51H33N3S. The van der Waals surface area contributed by atoms with Gasteiger partial charge in [0.1, 0.15) is 0 Å². The molecule has 0 amide bonds. The van der Waals surface area contributed by atoms with Crippen LogP contribution in [0.1, 0.15) is 2.74 Å². The van der Waals surface area contributed by atoms with Gasteiger partial charge in [0.25, 0.3) is 0 Å². The summed E-state index contributed by atoms with van der Waals surface area (Å²) in [5.41, 5.74) is 11.6. The van der Waals surface area contributed by atoms with Crippen molar-refractivity contribution in [2.24, 2.45) is 0 Å². The zero-order valence-electron chi connectivity index (χ0n) is 31.6. The number of thiophene rings is 1. The highest BCUT2D eigenvalue weighted by Crippen LogP contribution is 2.42. The minimum absolute atomic E-state index is 0.488. The Morgan fingerprint density at radius 2 is 0.782 bits per heavy atom. The first-order chi connectivity index (χ1) is 28.0. The van der Waals surface area contributed by atoms with E-state index in [4.69, 9.17) is 17.7 Å². The number of benzene rings is 8. The van der Waals surface area contributed by atoms with Crippen LogP contribution >= 0.6 is 11.3 Å². The highest BCUT2D eigenvalue weighted by atomic mass is 32.1. The molecule has 0 aliphatic heterocycles. The van der Waals surface area contributed by atoms with Crippen LogP contribution in [0, 0.1) is 0 Å². The molecule has 0 saturated carbocycles. The number of fused-ring (bicyclic) bond motifs is 3. The van der Waals surface area contributed by atoms with Crippen LogP contribution in [0.15, 0.2) is 200 Å². The molecule has 0 bridgehead atoms. The second kappa shape index (κ2) is 14.1. The third kappa shape index (κ3) is 6.39. The lowest BCUT2D eigenvalue weighted by Crippen LogP contribution is -2.00. The largest absolute Gasteiger partial charge is 0.208 e. The normalized spacial score (nSPS) is 11.8. The van der Waals surface area contributed by atoms with Crippen LogP contribution < -0.4 is 0 Å². The third-order valence-corrected chi connectivity index (χ3v) is 11.2. The smallest absolute Gasteiger partial charge is 0.164 e. The predicted octanol–water partition coefficient (Wildman–Crippen LogP) is 13.9. The molecule has 0 spiro atoms. The van der Waals surface area contributed by atoms with Crippen molar-refractivity contribution in [1.29, 1.82) is 0 Å². The van der Waals surface area contributed by atoms with Gasteiger partial charge in [0.05, 0.1) is 2.74 Å². The van der Waals surface area contributed by atoms with E-state index < -0.39 is 0 Å². The second-order valence-corrected chi connectivity index (χ2v) is 14.6. The third-order valence-electron chi connectivity index (χ3n) is 10.0. The van der Waals surface area contributed by atoms with Gasteiger partial charge in [-0.1, -0.05) is 164 Å². The van der Waals surface area contributed by atoms with Crippen molar-refractivity contribution in [3.63, 3.8) is 0 Å². The molecule has 0 atom stereocenters. The van der Waals surface area contributed by atoms with E-state index in [0.717, 1.165) is 66.6 Å². The fourth-order valence-corrected chi connectivity index (χ4v) is 8.38. The van der Waals surface area contributed by atoms with Crippen molar-refractivity contribution in [3.8, 4) is 78.7 Å². The molecule has 55 heavy (non-hydrogen) atoms. The summed E-state index contributed by atoms with van der Waals surface area (Å²) < 4.78 is 18.4. The van der Waals surface area contributed by atoms with Gasteiger partial charge in [0.2, 0.25) is 0 Å². The van der Waals surface area contributed by atoms with Gasteiger partial charge in [0, 0.05) is 36.9 Å². The molecule has 4 heteroatoms. The Labute approximate surface area is 326 Å². The van der Waals surface area contributed by atoms with Gasteiger partial charge in [0.15, 0.2) is 17.5 Å². The maximum atomic E-state index is 7.99. The zero-order chi connectivity index (χ0) is 38.3. The molecule has 2 aromatic heterocycles. The molecule has 0 aliphatic rings. The van der Waals surface area contributed by atoms with E-state index in [2.05, 4.69) is 78.9 Å². The average molecular weight is 722 g/mol. The number of nitrogens with zero attached hydrogens (tertiary/aromatic N) is 3. The van der Waals surface area contributed by atoms with Gasteiger partial charge >= 0.3 is 0 Å². The van der Waals surface area contributed by atoms with Crippen molar-refractivity contribution < 1.29 is 2.74 Å². The van der Waals surface area contributed by atoms with Crippen molar-refractivity contribution in [1.82, 2.24) is 15.0 Å². The number of rotatable bonds is 7. The average Bonchev–Trinajstić information content (AvgIpc) is 3.66. The van der Waals surface area contributed by atoms with Crippen molar-refractivity contribution in [2.45, 2.75) is 0 Å². The standard InChI is InChI=1S/C51H33N3S/c1-5-14-34(15-6-1)41-30-42(35-16-7-2-8-17-35)32-43(31-41)37-26-24-36(25-27-37)40-28-29-46-45(33-40)48-44(22-13-23-47(48)55-46)51-53-49(38-18-9-3-10-19-38)52-50(54-51)39-20-11-4-12-21-39/h1-33H/i1D,2D. The fourth-order valence-electron chi connectivity index (χ4n) is 7.26. The fraction of sp³-hybridized carbons (Fsp3) is 0. The number of hydrogen-bond acceptors (Lipinski definition) is 4. The van der Waals surface area contributed by atoms with Crippen LogP contribution in [-0.4, -0.2) is 15.0 Å². The Morgan fingerprint density at radius 3 is 1.33 bits per heavy atom. The van der Waals surface area contributed by atoms with Crippen LogP contribution in [0.5, 0.6) is 0 Å². The van der Waals surface area contributed by atoms with E-state index in [9.17, 15) is 0 Å². The molecule has 8 aromatic carbocycles. The summed E-state index contributed by atoms with van der Waals surface area (Å²) in [6.45, 7) is 0. The van der Waals surface area contributed by atoms with Crippen molar-refractivity contribution in [3.05, 3.63) is 200 Å². The summed E-state index contributed by atoms with van der Waals surface area (Å²) in [5.74, 6) is 1.94. The first-order valence-corrected chi connectivity index (χ1v) is 19.1. The molecule has 2 heterocycles. The molecule has 0 unspecified atom stereocenters. The summed E-state index contributed by atoms with van der Waals surface area (Å²) in [6.07, 6.45) is 0. The Kier molecular flexibility index (Phi) is 7.80. The van der Waals surface area contributed by atoms with Crippen LogP contribution in [0.4, 0.5) is 0 Å². The monoisotopic (exact) mass is 721 g/mol. The van der Waals surface area contributed by atoms with Crippen molar-refractivity contribution >= 4 is 31.5 Å². The lowest BCUT2D eigenvalue weighted by Gasteiger charge is -2.12. The maximum Gasteiger partial charge on any atom is 0.164 e. The molecule has 0 N–H and O–H groups in total.